The average Bonchev–Trinajstić information content (AvgIpc) is 3.42. The summed E-state index contributed by atoms with van der Waals surface area (Å²) in [6.45, 7) is 13.8. The molecule has 0 N–H and O–H groups in total. The van der Waals surface area contributed by atoms with E-state index in [0.29, 0.717) is 5.92 Å². The van der Waals surface area contributed by atoms with Crippen LogP contribution in [0.2, 0.25) is 0 Å². The number of benzene rings is 5. The summed E-state index contributed by atoms with van der Waals surface area (Å²) < 4.78 is 2.65. The molecule has 0 amide bonds. The molecular weight excluding hydrogens is 565 g/mol. The first-order chi connectivity index (χ1) is 21.6. The molecule has 2 nitrogen and oxygen atoms in total. The van der Waals surface area contributed by atoms with E-state index in [4.69, 9.17) is 9.97 Å². The maximum atomic E-state index is 5.44. The molecule has 8 rings (SSSR count). The van der Waals surface area contributed by atoms with Crippen LogP contribution in [0.3, 0.4) is 0 Å². The summed E-state index contributed by atoms with van der Waals surface area (Å²) in [6, 6.07) is 31.2. The van der Waals surface area contributed by atoms with Gasteiger partial charge < -0.3 is 0 Å². The molecule has 1 atom stereocenters. The van der Waals surface area contributed by atoms with Crippen LogP contribution in [0, 0.1) is 11.3 Å². The first-order valence-corrected chi connectivity index (χ1v) is 16.8. The molecule has 0 bridgehead atoms. The Morgan fingerprint density at radius 2 is 1.49 bits per heavy atom. The molecular formula is C42H38N2S. The Morgan fingerprint density at radius 3 is 2.31 bits per heavy atom. The molecule has 0 radical (unpaired) electrons. The highest BCUT2D eigenvalue weighted by Gasteiger charge is 2.29. The second-order valence-electron chi connectivity index (χ2n) is 14.8. The van der Waals surface area contributed by atoms with Crippen LogP contribution in [0.1, 0.15) is 58.2 Å². The number of nitrogens with zero attached hydrogens (tertiary/aromatic N) is 2. The van der Waals surface area contributed by atoms with E-state index in [9.17, 15) is 0 Å². The van der Waals surface area contributed by atoms with Gasteiger partial charge in [-0.15, -0.1) is 11.3 Å². The van der Waals surface area contributed by atoms with E-state index in [2.05, 4.69) is 139 Å². The lowest BCUT2D eigenvalue weighted by atomic mass is 9.73. The molecule has 1 unspecified atom stereocenters. The topological polar surface area (TPSA) is 25.8 Å². The molecule has 3 heteroatoms. The van der Waals surface area contributed by atoms with E-state index in [1.54, 1.807) is 0 Å². The van der Waals surface area contributed by atoms with Gasteiger partial charge in [0.05, 0.1) is 22.9 Å². The Morgan fingerprint density at radius 1 is 0.711 bits per heavy atom. The fourth-order valence-corrected chi connectivity index (χ4v) is 8.22. The van der Waals surface area contributed by atoms with Crippen molar-refractivity contribution < 1.29 is 0 Å². The molecule has 0 saturated heterocycles. The minimum absolute atomic E-state index is 0.0383. The van der Waals surface area contributed by atoms with Crippen molar-refractivity contribution in [2.45, 2.75) is 53.4 Å². The number of hydrogen-bond acceptors (Lipinski definition) is 3. The van der Waals surface area contributed by atoms with E-state index in [1.807, 2.05) is 17.5 Å². The SMILES string of the molecule is CC(C)(C)c1ccc2c3c(c4ncc(-c5cccc(-c6cccc7c6sc6ccccc67)c5)nc4c2c1)CC(C(C)(C)C)C=C3. The summed E-state index contributed by atoms with van der Waals surface area (Å²) in [5.74, 6) is 0.453. The van der Waals surface area contributed by atoms with Crippen molar-refractivity contribution >= 4 is 59.4 Å². The van der Waals surface area contributed by atoms with Gasteiger partial charge in [0.1, 0.15) is 0 Å². The van der Waals surface area contributed by atoms with Crippen LogP contribution in [-0.2, 0) is 11.8 Å². The van der Waals surface area contributed by atoms with Gasteiger partial charge in [0.25, 0.3) is 0 Å². The van der Waals surface area contributed by atoms with E-state index >= 15 is 0 Å². The normalized spacial score (nSPS) is 15.4. The Labute approximate surface area is 269 Å². The molecule has 2 aromatic heterocycles. The molecule has 0 aliphatic heterocycles. The van der Waals surface area contributed by atoms with Gasteiger partial charge in [-0.25, -0.2) is 4.98 Å². The van der Waals surface area contributed by atoms with Gasteiger partial charge >= 0.3 is 0 Å². The molecule has 222 valence electrons. The van der Waals surface area contributed by atoms with Crippen LogP contribution in [0.25, 0.3) is 70.4 Å². The number of thiophene rings is 1. The second-order valence-corrected chi connectivity index (χ2v) is 15.8. The van der Waals surface area contributed by atoms with Gasteiger partial charge in [-0.3, -0.25) is 4.98 Å². The van der Waals surface area contributed by atoms with Crippen molar-refractivity contribution in [2.75, 3.05) is 0 Å². The molecule has 5 aromatic carbocycles. The van der Waals surface area contributed by atoms with Gasteiger partial charge in [-0.2, -0.15) is 0 Å². The highest BCUT2D eigenvalue weighted by Crippen LogP contribution is 2.43. The molecule has 7 aromatic rings. The fourth-order valence-electron chi connectivity index (χ4n) is 6.98. The summed E-state index contributed by atoms with van der Waals surface area (Å²) in [4.78, 5) is 10.7. The van der Waals surface area contributed by atoms with Crippen LogP contribution in [0.4, 0.5) is 0 Å². The number of allylic oxidation sites excluding steroid dienone is 1. The molecule has 2 heterocycles. The minimum Gasteiger partial charge on any atom is -0.252 e. The summed E-state index contributed by atoms with van der Waals surface area (Å²) in [5.41, 5.74) is 10.7. The van der Waals surface area contributed by atoms with Crippen molar-refractivity contribution in [1.29, 1.82) is 0 Å². The first-order valence-electron chi connectivity index (χ1n) is 16.0. The number of hydrogen-bond donors (Lipinski definition) is 0. The van der Waals surface area contributed by atoms with Crippen LogP contribution in [0.5, 0.6) is 0 Å². The Kier molecular flexibility index (Phi) is 6.31. The first kappa shape index (κ1) is 28.2. The summed E-state index contributed by atoms with van der Waals surface area (Å²) in [5, 5.41) is 5.10. The zero-order valence-corrected chi connectivity index (χ0v) is 27.7. The number of aromatic nitrogens is 2. The molecule has 1 aliphatic rings. The Balaban J connectivity index is 1.33. The monoisotopic (exact) mass is 602 g/mol. The summed E-state index contributed by atoms with van der Waals surface area (Å²) >= 11 is 1.87. The van der Waals surface area contributed by atoms with E-state index in [-0.39, 0.29) is 10.8 Å². The lowest BCUT2D eigenvalue weighted by molar-refractivity contribution is 0.291. The molecule has 45 heavy (non-hydrogen) atoms. The lowest BCUT2D eigenvalue weighted by Crippen LogP contribution is -2.23. The predicted molar refractivity (Wildman–Crippen MR) is 195 cm³/mol. The van der Waals surface area contributed by atoms with Crippen LogP contribution in [0.15, 0.2) is 97.2 Å². The molecule has 1 aliphatic carbocycles. The van der Waals surface area contributed by atoms with Crippen molar-refractivity contribution in [3.05, 3.63) is 114 Å². The molecule has 0 saturated carbocycles. The zero-order chi connectivity index (χ0) is 31.1. The number of fused-ring (bicyclic) bond motifs is 9. The van der Waals surface area contributed by atoms with Gasteiger partial charge in [-0.05, 0) is 74.6 Å². The molecule has 0 spiro atoms. The molecule has 0 fully saturated rings. The van der Waals surface area contributed by atoms with Crippen molar-refractivity contribution in [3.63, 3.8) is 0 Å². The van der Waals surface area contributed by atoms with E-state index in [1.165, 1.54) is 58.8 Å². The van der Waals surface area contributed by atoms with Crippen molar-refractivity contribution in [1.82, 2.24) is 9.97 Å². The smallest absolute Gasteiger partial charge is 0.0976 e. The lowest BCUT2D eigenvalue weighted by Gasteiger charge is -2.32. The third-order valence-corrected chi connectivity index (χ3v) is 10.9. The standard InChI is InChI=1S/C42H38N2S/c1-41(2,3)27-17-19-30-31-20-18-28(42(4,5)6)23-35(31)39-38(34(30)22-27)43-24-36(44-39)26-12-9-11-25(21-26)29-14-10-15-33-32-13-7-8-16-37(32)45-40(29)33/h7-21,23-24,27H,22H2,1-6H3. The van der Waals surface area contributed by atoms with Crippen molar-refractivity contribution in [2.24, 2.45) is 11.3 Å². The van der Waals surface area contributed by atoms with Crippen LogP contribution < -0.4 is 0 Å². The second kappa shape index (κ2) is 10.1. The third-order valence-electron chi connectivity index (χ3n) is 9.72. The maximum Gasteiger partial charge on any atom is 0.0976 e. The zero-order valence-electron chi connectivity index (χ0n) is 26.9. The van der Waals surface area contributed by atoms with Gasteiger partial charge in [0.15, 0.2) is 0 Å². The highest BCUT2D eigenvalue weighted by molar-refractivity contribution is 7.26. The minimum atomic E-state index is 0.0383. The van der Waals surface area contributed by atoms with E-state index in [0.717, 1.165) is 28.7 Å². The van der Waals surface area contributed by atoms with Gasteiger partial charge in [0, 0.05) is 31.1 Å². The summed E-state index contributed by atoms with van der Waals surface area (Å²) in [7, 11) is 0. The maximum absolute atomic E-state index is 5.44. The van der Waals surface area contributed by atoms with Crippen LogP contribution >= 0.6 is 11.3 Å². The fraction of sp³-hybridized carbons (Fsp3) is 0.238. The average molecular weight is 603 g/mol. The van der Waals surface area contributed by atoms with Gasteiger partial charge in [0.2, 0.25) is 0 Å². The number of rotatable bonds is 2. The van der Waals surface area contributed by atoms with Crippen molar-refractivity contribution in [3.8, 4) is 22.4 Å². The summed E-state index contributed by atoms with van der Waals surface area (Å²) in [6.07, 6.45) is 7.73. The largest absolute Gasteiger partial charge is 0.252 e. The predicted octanol–water partition coefficient (Wildman–Crippen LogP) is 12.0. The van der Waals surface area contributed by atoms with E-state index < -0.39 is 0 Å². The Hall–Kier alpha value is -4.34. The highest BCUT2D eigenvalue weighted by atomic mass is 32.1. The van der Waals surface area contributed by atoms with Gasteiger partial charge in [-0.1, -0.05) is 120 Å². The third kappa shape index (κ3) is 4.68. The quantitative estimate of drug-likeness (QED) is 0.184. The van der Waals surface area contributed by atoms with Crippen LogP contribution in [-0.4, -0.2) is 9.97 Å². The Bertz CT molecular complexity index is 2320.